The van der Waals surface area contributed by atoms with E-state index in [1.165, 1.54) is 45.1 Å². The average molecular weight is 223 g/mol. The zero-order valence-electron chi connectivity index (χ0n) is 10.4. The van der Waals surface area contributed by atoms with Gasteiger partial charge < -0.3 is 10.6 Å². The highest BCUT2D eigenvalue weighted by atomic mass is 15.2. The summed E-state index contributed by atoms with van der Waals surface area (Å²) in [5, 5.41) is 0. The lowest BCUT2D eigenvalue weighted by Crippen LogP contribution is -2.53. The van der Waals surface area contributed by atoms with Gasteiger partial charge in [0.05, 0.1) is 0 Å². The van der Waals surface area contributed by atoms with Gasteiger partial charge in [0, 0.05) is 30.7 Å². The lowest BCUT2D eigenvalue weighted by atomic mass is 9.94. The van der Waals surface area contributed by atoms with Gasteiger partial charge in [-0.1, -0.05) is 0 Å². The van der Waals surface area contributed by atoms with E-state index in [-0.39, 0.29) is 0 Å². The highest BCUT2D eigenvalue weighted by Gasteiger charge is 2.40. The summed E-state index contributed by atoms with van der Waals surface area (Å²) in [6, 6.07) is 3.00. The SMILES string of the molecule is CN1C2CCC1CC(N1CCCC(N)C1)C2. The van der Waals surface area contributed by atoms with Gasteiger partial charge in [-0.15, -0.1) is 0 Å². The van der Waals surface area contributed by atoms with E-state index in [1.54, 1.807) is 0 Å². The van der Waals surface area contributed by atoms with E-state index < -0.39 is 0 Å². The van der Waals surface area contributed by atoms with Crippen LogP contribution in [0.15, 0.2) is 0 Å². The first-order valence-corrected chi connectivity index (χ1v) is 6.95. The minimum Gasteiger partial charge on any atom is -0.327 e. The van der Waals surface area contributed by atoms with Crippen LogP contribution in [0.25, 0.3) is 0 Å². The molecule has 16 heavy (non-hydrogen) atoms. The minimum atomic E-state index is 0.436. The van der Waals surface area contributed by atoms with Crippen molar-refractivity contribution in [1.29, 1.82) is 0 Å². The molecule has 3 fully saturated rings. The Hall–Kier alpha value is -0.120. The summed E-state index contributed by atoms with van der Waals surface area (Å²) in [7, 11) is 2.32. The van der Waals surface area contributed by atoms with Gasteiger partial charge in [0.25, 0.3) is 0 Å². The van der Waals surface area contributed by atoms with Crippen LogP contribution in [0, 0.1) is 0 Å². The van der Waals surface area contributed by atoms with Gasteiger partial charge in [-0.05, 0) is 52.1 Å². The minimum absolute atomic E-state index is 0.436. The first-order valence-electron chi connectivity index (χ1n) is 6.95. The monoisotopic (exact) mass is 223 g/mol. The number of fused-ring (bicyclic) bond motifs is 2. The zero-order chi connectivity index (χ0) is 11.1. The van der Waals surface area contributed by atoms with Crippen molar-refractivity contribution in [2.75, 3.05) is 20.1 Å². The molecule has 0 spiro atoms. The molecular weight excluding hydrogens is 198 g/mol. The molecule has 0 aliphatic carbocycles. The van der Waals surface area contributed by atoms with Crippen LogP contribution in [0.5, 0.6) is 0 Å². The molecule has 92 valence electrons. The molecule has 3 aliphatic rings. The maximum atomic E-state index is 6.09. The highest BCUT2D eigenvalue weighted by molar-refractivity contribution is 4.97. The summed E-state index contributed by atoms with van der Waals surface area (Å²) in [5.74, 6) is 0. The van der Waals surface area contributed by atoms with E-state index >= 15 is 0 Å². The first-order chi connectivity index (χ1) is 7.74. The Morgan fingerprint density at radius 1 is 1.00 bits per heavy atom. The van der Waals surface area contributed by atoms with Crippen LogP contribution in [-0.2, 0) is 0 Å². The van der Waals surface area contributed by atoms with Crippen LogP contribution in [0.2, 0.25) is 0 Å². The van der Waals surface area contributed by atoms with Crippen molar-refractivity contribution < 1.29 is 0 Å². The van der Waals surface area contributed by atoms with Crippen molar-refractivity contribution in [3.63, 3.8) is 0 Å². The molecule has 0 radical (unpaired) electrons. The molecule has 3 atom stereocenters. The second-order valence-corrected chi connectivity index (χ2v) is 6.07. The second kappa shape index (κ2) is 4.28. The summed E-state index contributed by atoms with van der Waals surface area (Å²) >= 11 is 0. The fourth-order valence-electron chi connectivity index (χ4n) is 4.05. The molecule has 0 aromatic heterocycles. The lowest BCUT2D eigenvalue weighted by molar-refractivity contribution is 0.0589. The third kappa shape index (κ3) is 1.89. The zero-order valence-corrected chi connectivity index (χ0v) is 10.4. The van der Waals surface area contributed by atoms with Gasteiger partial charge in [-0.3, -0.25) is 4.90 Å². The molecule has 3 unspecified atom stereocenters. The van der Waals surface area contributed by atoms with E-state index in [4.69, 9.17) is 5.73 Å². The maximum Gasteiger partial charge on any atom is 0.0168 e. The number of nitrogens with two attached hydrogens (primary N) is 1. The van der Waals surface area contributed by atoms with Crippen molar-refractivity contribution in [3.8, 4) is 0 Å². The second-order valence-electron chi connectivity index (χ2n) is 6.07. The Morgan fingerprint density at radius 3 is 2.31 bits per heavy atom. The van der Waals surface area contributed by atoms with Crippen LogP contribution in [0.3, 0.4) is 0 Å². The van der Waals surface area contributed by atoms with Crippen LogP contribution in [0.1, 0.15) is 38.5 Å². The van der Waals surface area contributed by atoms with E-state index in [0.29, 0.717) is 6.04 Å². The van der Waals surface area contributed by atoms with Crippen LogP contribution < -0.4 is 5.73 Å². The van der Waals surface area contributed by atoms with Gasteiger partial charge >= 0.3 is 0 Å². The smallest absolute Gasteiger partial charge is 0.0168 e. The molecule has 3 rings (SSSR count). The van der Waals surface area contributed by atoms with Crippen molar-refractivity contribution in [2.24, 2.45) is 5.73 Å². The molecule has 2 N–H and O–H groups in total. The maximum absolute atomic E-state index is 6.09. The normalized spacial score (nSPS) is 46.1. The Morgan fingerprint density at radius 2 is 1.69 bits per heavy atom. The van der Waals surface area contributed by atoms with Crippen LogP contribution >= 0.6 is 0 Å². The summed E-state index contributed by atoms with van der Waals surface area (Å²) < 4.78 is 0. The summed E-state index contributed by atoms with van der Waals surface area (Å²) in [5.41, 5.74) is 6.09. The number of likely N-dealkylation sites (tertiary alicyclic amines) is 1. The van der Waals surface area contributed by atoms with Crippen LogP contribution in [0.4, 0.5) is 0 Å². The topological polar surface area (TPSA) is 32.5 Å². The Bertz CT molecular complexity index is 242. The third-order valence-electron chi connectivity index (χ3n) is 5.08. The highest BCUT2D eigenvalue weighted by Crippen LogP contribution is 2.36. The lowest BCUT2D eigenvalue weighted by Gasteiger charge is -2.44. The van der Waals surface area contributed by atoms with Gasteiger partial charge in [0.15, 0.2) is 0 Å². The van der Waals surface area contributed by atoms with E-state index in [2.05, 4.69) is 16.8 Å². The largest absolute Gasteiger partial charge is 0.327 e. The number of hydrogen-bond donors (Lipinski definition) is 1. The number of nitrogens with zero attached hydrogens (tertiary/aromatic N) is 2. The molecule has 3 heteroatoms. The molecule has 0 aromatic rings. The third-order valence-corrected chi connectivity index (χ3v) is 5.08. The standard InChI is InChI=1S/C13H25N3/c1-15-11-4-5-12(15)8-13(7-11)16-6-2-3-10(14)9-16/h10-13H,2-9,14H2,1H3. The number of hydrogen-bond acceptors (Lipinski definition) is 3. The van der Waals surface area contributed by atoms with Gasteiger partial charge in [0.2, 0.25) is 0 Å². The molecule has 3 heterocycles. The average Bonchev–Trinajstić information content (AvgIpc) is 2.53. The molecule has 3 saturated heterocycles. The fourth-order valence-corrected chi connectivity index (χ4v) is 4.05. The molecule has 0 aromatic carbocycles. The Kier molecular flexibility index (Phi) is 2.94. The van der Waals surface area contributed by atoms with Crippen molar-refractivity contribution in [3.05, 3.63) is 0 Å². The summed E-state index contributed by atoms with van der Waals surface area (Å²) in [6.45, 7) is 2.44. The first kappa shape index (κ1) is 11.0. The molecule has 3 aliphatic heterocycles. The van der Waals surface area contributed by atoms with Crippen molar-refractivity contribution in [1.82, 2.24) is 9.80 Å². The van der Waals surface area contributed by atoms with Crippen LogP contribution in [-0.4, -0.2) is 54.1 Å². The molecule has 0 amide bonds. The van der Waals surface area contributed by atoms with Gasteiger partial charge in [-0.2, -0.15) is 0 Å². The Balaban J connectivity index is 1.64. The predicted octanol–water partition coefficient (Wildman–Crippen LogP) is 1.03. The number of piperidine rings is 2. The summed E-state index contributed by atoms with van der Waals surface area (Å²) in [4.78, 5) is 5.31. The quantitative estimate of drug-likeness (QED) is 0.721. The predicted molar refractivity (Wildman–Crippen MR) is 66.4 cm³/mol. The molecule has 0 saturated carbocycles. The van der Waals surface area contributed by atoms with Gasteiger partial charge in [-0.25, -0.2) is 0 Å². The van der Waals surface area contributed by atoms with E-state index in [0.717, 1.165) is 24.7 Å². The van der Waals surface area contributed by atoms with Crippen molar-refractivity contribution >= 4 is 0 Å². The molecule has 3 nitrogen and oxygen atoms in total. The summed E-state index contributed by atoms with van der Waals surface area (Å²) in [6.07, 6.45) is 8.17. The van der Waals surface area contributed by atoms with Crippen molar-refractivity contribution in [2.45, 2.75) is 62.7 Å². The molecular formula is C13H25N3. The van der Waals surface area contributed by atoms with E-state index in [1.807, 2.05) is 0 Å². The number of rotatable bonds is 1. The van der Waals surface area contributed by atoms with E-state index in [9.17, 15) is 0 Å². The fraction of sp³-hybridized carbons (Fsp3) is 1.00. The Labute approximate surface area is 99.0 Å². The van der Waals surface area contributed by atoms with Gasteiger partial charge in [0.1, 0.15) is 0 Å². The molecule has 2 bridgehead atoms.